The fourth-order valence-electron chi connectivity index (χ4n) is 4.21. The Morgan fingerprint density at radius 2 is 1.90 bits per heavy atom. The van der Waals surface area contributed by atoms with Crippen LogP contribution in [0.3, 0.4) is 0 Å². The van der Waals surface area contributed by atoms with Crippen LogP contribution in [0.5, 0.6) is 0 Å². The van der Waals surface area contributed by atoms with E-state index in [9.17, 15) is 14.7 Å². The highest BCUT2D eigenvalue weighted by molar-refractivity contribution is 5.85. The molecule has 1 spiro atoms. The average molecular weight is 291 g/mol. The van der Waals surface area contributed by atoms with Gasteiger partial charge in [0.05, 0.1) is 5.41 Å². The molecule has 2 fully saturated rings. The minimum absolute atomic E-state index is 0.0609. The third kappa shape index (κ3) is 2.72. The molecule has 2 aliphatic carbocycles. The van der Waals surface area contributed by atoms with Gasteiger partial charge in [-0.05, 0) is 50.4 Å². The summed E-state index contributed by atoms with van der Waals surface area (Å²) in [5, 5.41) is 9.39. The molecule has 116 valence electrons. The number of piperidine rings is 1. The summed E-state index contributed by atoms with van der Waals surface area (Å²) >= 11 is 0. The Hall–Kier alpha value is -1.32. The lowest BCUT2D eigenvalue weighted by atomic mass is 9.66. The zero-order valence-corrected chi connectivity index (χ0v) is 12.6. The maximum Gasteiger partial charge on any atom is 0.310 e. The van der Waals surface area contributed by atoms with Crippen molar-refractivity contribution in [3.8, 4) is 0 Å². The molecular formula is C17H25NO3. The van der Waals surface area contributed by atoms with Gasteiger partial charge < -0.3 is 10.0 Å². The quantitative estimate of drug-likeness (QED) is 0.813. The number of nitrogens with zero attached hydrogens (tertiary/aromatic N) is 1. The van der Waals surface area contributed by atoms with Crippen LogP contribution in [0.2, 0.25) is 0 Å². The summed E-state index contributed by atoms with van der Waals surface area (Å²) in [7, 11) is 0. The number of hydrogen-bond donors (Lipinski definition) is 1. The number of hydrogen-bond acceptors (Lipinski definition) is 2. The van der Waals surface area contributed by atoms with Crippen LogP contribution in [0.4, 0.5) is 0 Å². The lowest BCUT2D eigenvalue weighted by Crippen LogP contribution is -2.49. The lowest BCUT2D eigenvalue weighted by Gasteiger charge is -2.45. The minimum Gasteiger partial charge on any atom is -0.481 e. The third-order valence-corrected chi connectivity index (χ3v) is 5.83. The predicted molar refractivity (Wildman–Crippen MR) is 79.8 cm³/mol. The Labute approximate surface area is 126 Å². The molecule has 0 bridgehead atoms. The normalized spacial score (nSPS) is 31.0. The standard InChI is InChI=1S/C17H25NO3/c19-14(12-17(15(20)21)9-4-10-17)18-11-5-8-16(13-18)6-2-1-3-7-16/h1-2H,3-13H2,(H,20,21). The highest BCUT2D eigenvalue weighted by Gasteiger charge is 2.47. The van der Waals surface area contributed by atoms with Gasteiger partial charge in [-0.3, -0.25) is 9.59 Å². The van der Waals surface area contributed by atoms with Gasteiger partial charge in [-0.15, -0.1) is 0 Å². The minimum atomic E-state index is -0.783. The molecule has 1 heterocycles. The Kier molecular flexibility index (Phi) is 3.80. The van der Waals surface area contributed by atoms with Crippen LogP contribution in [0.1, 0.15) is 57.8 Å². The molecule has 1 unspecified atom stereocenters. The van der Waals surface area contributed by atoms with Gasteiger partial charge in [0, 0.05) is 19.5 Å². The second-order valence-electron chi connectivity index (χ2n) is 7.25. The van der Waals surface area contributed by atoms with Crippen molar-refractivity contribution in [1.29, 1.82) is 0 Å². The molecule has 4 nitrogen and oxygen atoms in total. The number of carboxylic acid groups (broad SMARTS) is 1. The van der Waals surface area contributed by atoms with Crippen LogP contribution < -0.4 is 0 Å². The monoisotopic (exact) mass is 291 g/mol. The van der Waals surface area contributed by atoms with Gasteiger partial charge >= 0.3 is 5.97 Å². The second kappa shape index (κ2) is 5.47. The highest BCUT2D eigenvalue weighted by atomic mass is 16.4. The van der Waals surface area contributed by atoms with Crippen LogP contribution in [-0.4, -0.2) is 35.0 Å². The molecule has 1 amide bonds. The summed E-state index contributed by atoms with van der Waals surface area (Å²) in [6.45, 7) is 1.63. The molecule has 21 heavy (non-hydrogen) atoms. The van der Waals surface area contributed by atoms with Crippen LogP contribution in [0.25, 0.3) is 0 Å². The maximum absolute atomic E-state index is 12.6. The van der Waals surface area contributed by atoms with Crippen molar-refractivity contribution in [3.05, 3.63) is 12.2 Å². The van der Waals surface area contributed by atoms with Gasteiger partial charge in [-0.2, -0.15) is 0 Å². The maximum atomic E-state index is 12.6. The molecule has 3 aliphatic rings. The highest BCUT2D eigenvalue weighted by Crippen LogP contribution is 2.46. The topological polar surface area (TPSA) is 57.6 Å². The molecule has 0 radical (unpaired) electrons. The summed E-state index contributed by atoms with van der Waals surface area (Å²) in [5.74, 6) is -0.722. The first-order valence-electron chi connectivity index (χ1n) is 8.22. The van der Waals surface area contributed by atoms with Crippen molar-refractivity contribution in [2.45, 2.75) is 57.8 Å². The summed E-state index contributed by atoms with van der Waals surface area (Å²) < 4.78 is 0. The smallest absolute Gasteiger partial charge is 0.310 e. The fourth-order valence-corrected chi connectivity index (χ4v) is 4.21. The van der Waals surface area contributed by atoms with Crippen LogP contribution in [0.15, 0.2) is 12.2 Å². The molecular weight excluding hydrogens is 266 g/mol. The molecule has 4 heteroatoms. The van der Waals surface area contributed by atoms with Gasteiger partial charge in [-0.25, -0.2) is 0 Å². The van der Waals surface area contributed by atoms with E-state index >= 15 is 0 Å². The van der Waals surface area contributed by atoms with Gasteiger partial charge in [0.25, 0.3) is 0 Å². The SMILES string of the molecule is O=C(CC1(C(=O)O)CCC1)N1CCCC2(CC=CCC2)C1. The summed E-state index contributed by atoms with van der Waals surface area (Å²) in [4.78, 5) is 26.0. The van der Waals surface area contributed by atoms with Crippen molar-refractivity contribution < 1.29 is 14.7 Å². The van der Waals surface area contributed by atoms with E-state index < -0.39 is 11.4 Å². The zero-order chi connectivity index (χ0) is 14.9. The van der Waals surface area contributed by atoms with Crippen LogP contribution >= 0.6 is 0 Å². The molecule has 1 saturated heterocycles. The summed E-state index contributed by atoms with van der Waals surface area (Å²) in [5.41, 5.74) is -0.493. The fraction of sp³-hybridized carbons (Fsp3) is 0.765. The van der Waals surface area contributed by atoms with Crippen molar-refractivity contribution in [2.24, 2.45) is 10.8 Å². The van der Waals surface area contributed by atoms with E-state index in [4.69, 9.17) is 0 Å². The van der Waals surface area contributed by atoms with E-state index in [1.165, 1.54) is 6.42 Å². The first-order valence-corrected chi connectivity index (χ1v) is 8.22. The Morgan fingerprint density at radius 1 is 1.10 bits per heavy atom. The number of carbonyl (C=O) groups is 2. The van der Waals surface area contributed by atoms with E-state index in [1.54, 1.807) is 0 Å². The number of carbonyl (C=O) groups excluding carboxylic acids is 1. The van der Waals surface area contributed by atoms with Gasteiger partial charge in [0.1, 0.15) is 0 Å². The number of likely N-dealkylation sites (tertiary alicyclic amines) is 1. The van der Waals surface area contributed by atoms with Crippen molar-refractivity contribution in [1.82, 2.24) is 4.90 Å². The van der Waals surface area contributed by atoms with E-state index in [0.29, 0.717) is 12.8 Å². The third-order valence-electron chi connectivity index (χ3n) is 5.83. The largest absolute Gasteiger partial charge is 0.481 e. The molecule has 3 rings (SSSR count). The molecule has 0 aromatic carbocycles. The van der Waals surface area contributed by atoms with Crippen LogP contribution in [-0.2, 0) is 9.59 Å². The Balaban J connectivity index is 1.64. The summed E-state index contributed by atoms with van der Waals surface area (Å²) in [6.07, 6.45) is 12.6. The number of aliphatic carboxylic acids is 1. The molecule has 0 aromatic rings. The molecule has 1 N–H and O–H groups in total. The Bertz CT molecular complexity index is 467. The molecule has 1 atom stereocenters. The zero-order valence-electron chi connectivity index (χ0n) is 12.6. The van der Waals surface area contributed by atoms with E-state index in [1.807, 2.05) is 4.90 Å². The van der Waals surface area contributed by atoms with E-state index in [2.05, 4.69) is 12.2 Å². The van der Waals surface area contributed by atoms with E-state index in [0.717, 1.165) is 45.2 Å². The molecule has 1 saturated carbocycles. The number of carboxylic acids is 1. The molecule has 1 aliphatic heterocycles. The first-order chi connectivity index (χ1) is 10.1. The van der Waals surface area contributed by atoms with E-state index in [-0.39, 0.29) is 17.7 Å². The average Bonchev–Trinajstić information content (AvgIpc) is 2.43. The molecule has 0 aromatic heterocycles. The van der Waals surface area contributed by atoms with Gasteiger partial charge in [0.15, 0.2) is 0 Å². The van der Waals surface area contributed by atoms with Gasteiger partial charge in [0.2, 0.25) is 5.91 Å². The second-order valence-corrected chi connectivity index (χ2v) is 7.25. The Morgan fingerprint density at radius 3 is 2.48 bits per heavy atom. The number of allylic oxidation sites excluding steroid dienone is 2. The first kappa shape index (κ1) is 14.6. The van der Waals surface area contributed by atoms with Crippen molar-refractivity contribution in [3.63, 3.8) is 0 Å². The van der Waals surface area contributed by atoms with Crippen LogP contribution in [0, 0.1) is 10.8 Å². The lowest BCUT2D eigenvalue weighted by molar-refractivity contribution is -0.160. The van der Waals surface area contributed by atoms with Gasteiger partial charge in [-0.1, -0.05) is 18.6 Å². The van der Waals surface area contributed by atoms with Crippen molar-refractivity contribution in [2.75, 3.05) is 13.1 Å². The number of rotatable bonds is 3. The van der Waals surface area contributed by atoms with Crippen molar-refractivity contribution >= 4 is 11.9 Å². The number of amides is 1. The predicted octanol–water partition coefficient (Wildman–Crippen LogP) is 2.98. The summed E-state index contributed by atoms with van der Waals surface area (Å²) in [6, 6.07) is 0.